The number of anilines is 1. The van der Waals surface area contributed by atoms with Gasteiger partial charge in [0.05, 0.1) is 30.4 Å². The van der Waals surface area contributed by atoms with E-state index in [0.717, 1.165) is 29.7 Å². The van der Waals surface area contributed by atoms with E-state index in [4.69, 9.17) is 9.47 Å². The summed E-state index contributed by atoms with van der Waals surface area (Å²) in [5.41, 5.74) is 2.61. The number of rotatable bonds is 5. The summed E-state index contributed by atoms with van der Waals surface area (Å²) in [6.07, 6.45) is 1.69. The molecule has 1 amide bonds. The number of carbonyl (C=O) groups excluding carboxylic acids is 1. The Kier molecular flexibility index (Phi) is 5.30. The van der Waals surface area contributed by atoms with Gasteiger partial charge < -0.3 is 14.4 Å². The van der Waals surface area contributed by atoms with Gasteiger partial charge in [-0.25, -0.2) is 0 Å². The van der Waals surface area contributed by atoms with Crippen molar-refractivity contribution < 1.29 is 19.2 Å². The highest BCUT2D eigenvalue weighted by molar-refractivity contribution is 6.10. The maximum atomic E-state index is 13.3. The van der Waals surface area contributed by atoms with Crippen LogP contribution < -0.4 is 14.4 Å². The third kappa shape index (κ3) is 3.45. The van der Waals surface area contributed by atoms with Crippen molar-refractivity contribution in [1.29, 1.82) is 0 Å². The van der Waals surface area contributed by atoms with Crippen molar-refractivity contribution in [3.05, 3.63) is 57.1 Å². The van der Waals surface area contributed by atoms with Gasteiger partial charge >= 0.3 is 0 Å². The van der Waals surface area contributed by atoms with E-state index in [2.05, 4.69) is 0 Å². The molecule has 0 saturated heterocycles. The molecule has 7 heteroatoms. The van der Waals surface area contributed by atoms with Crippen LogP contribution >= 0.6 is 0 Å². The number of nitro benzene ring substituents is 1. The minimum Gasteiger partial charge on any atom is -0.493 e. The molecular weight excluding hydrogens is 348 g/mol. The highest BCUT2D eigenvalue weighted by Gasteiger charge is 2.31. The number of methoxy groups -OCH3 is 1. The summed E-state index contributed by atoms with van der Waals surface area (Å²) in [6, 6.07) is 8.57. The lowest BCUT2D eigenvalue weighted by Gasteiger charge is -2.31. The van der Waals surface area contributed by atoms with E-state index in [9.17, 15) is 14.9 Å². The molecular formula is C20H22N2O5. The molecule has 0 fully saturated rings. The molecule has 0 saturated carbocycles. The van der Waals surface area contributed by atoms with Crippen LogP contribution in [-0.2, 0) is 6.42 Å². The topological polar surface area (TPSA) is 81.9 Å². The van der Waals surface area contributed by atoms with Crippen molar-refractivity contribution >= 4 is 17.3 Å². The van der Waals surface area contributed by atoms with Crippen LogP contribution in [0.4, 0.5) is 11.4 Å². The number of hydrogen-bond acceptors (Lipinski definition) is 5. The van der Waals surface area contributed by atoms with E-state index in [1.807, 2.05) is 25.1 Å². The van der Waals surface area contributed by atoms with Crippen LogP contribution in [0.15, 0.2) is 30.3 Å². The zero-order valence-electron chi connectivity index (χ0n) is 15.7. The van der Waals surface area contributed by atoms with E-state index in [1.54, 1.807) is 11.8 Å². The number of fused-ring (bicyclic) bond motifs is 1. The lowest BCUT2D eigenvalue weighted by molar-refractivity contribution is -0.385. The molecule has 1 aliphatic rings. The Bertz CT molecular complexity index is 894. The minimum atomic E-state index is -0.561. The molecule has 0 radical (unpaired) electrons. The molecule has 27 heavy (non-hydrogen) atoms. The second kappa shape index (κ2) is 7.65. The molecule has 0 aromatic heterocycles. The minimum absolute atomic E-state index is 0.000327. The largest absolute Gasteiger partial charge is 0.493 e. The Labute approximate surface area is 157 Å². The summed E-state index contributed by atoms with van der Waals surface area (Å²) in [7, 11) is 1.41. The summed E-state index contributed by atoms with van der Waals surface area (Å²) in [5, 5.41) is 11.6. The Morgan fingerprint density at radius 1 is 1.30 bits per heavy atom. The van der Waals surface area contributed by atoms with Gasteiger partial charge in [0, 0.05) is 12.6 Å². The fourth-order valence-corrected chi connectivity index (χ4v) is 3.49. The second-order valence-corrected chi connectivity index (χ2v) is 6.35. The van der Waals surface area contributed by atoms with E-state index in [0.29, 0.717) is 18.9 Å². The van der Waals surface area contributed by atoms with Crippen LogP contribution in [0.25, 0.3) is 0 Å². The first-order valence-electron chi connectivity index (χ1n) is 8.87. The average molecular weight is 370 g/mol. The Hall–Kier alpha value is -3.09. The molecule has 142 valence electrons. The van der Waals surface area contributed by atoms with Crippen LogP contribution in [0, 0.1) is 17.0 Å². The monoisotopic (exact) mass is 370 g/mol. The van der Waals surface area contributed by atoms with Gasteiger partial charge in [-0.2, -0.15) is 0 Å². The van der Waals surface area contributed by atoms with Crippen LogP contribution in [0.5, 0.6) is 11.5 Å². The molecule has 2 aromatic rings. The number of benzene rings is 2. The highest BCUT2D eigenvalue weighted by Crippen LogP contribution is 2.38. The summed E-state index contributed by atoms with van der Waals surface area (Å²) in [5.74, 6) is 0.145. The van der Waals surface area contributed by atoms with E-state index in [1.165, 1.54) is 19.2 Å². The van der Waals surface area contributed by atoms with Crippen LogP contribution in [0.3, 0.4) is 0 Å². The molecule has 0 atom stereocenters. The number of amides is 1. The lowest BCUT2D eigenvalue weighted by Crippen LogP contribution is -2.36. The predicted molar refractivity (Wildman–Crippen MR) is 102 cm³/mol. The fourth-order valence-electron chi connectivity index (χ4n) is 3.49. The van der Waals surface area contributed by atoms with Gasteiger partial charge in [0.15, 0.2) is 11.5 Å². The molecule has 3 rings (SSSR count). The average Bonchev–Trinajstić information content (AvgIpc) is 2.67. The third-order valence-corrected chi connectivity index (χ3v) is 4.67. The van der Waals surface area contributed by atoms with Gasteiger partial charge in [-0.1, -0.05) is 18.2 Å². The molecule has 0 N–H and O–H groups in total. The smallest absolute Gasteiger partial charge is 0.286 e. The first-order valence-corrected chi connectivity index (χ1v) is 8.87. The number of nitro groups is 1. The van der Waals surface area contributed by atoms with Crippen molar-refractivity contribution in [2.75, 3.05) is 25.2 Å². The van der Waals surface area contributed by atoms with E-state index in [-0.39, 0.29) is 17.0 Å². The molecule has 0 spiro atoms. The van der Waals surface area contributed by atoms with Gasteiger partial charge in [0.1, 0.15) is 5.56 Å². The number of ether oxygens (including phenoxy) is 2. The Balaban J connectivity index is 2.13. The number of nitrogens with zero attached hydrogens (tertiary/aromatic N) is 2. The molecule has 0 aliphatic carbocycles. The maximum Gasteiger partial charge on any atom is 0.286 e. The van der Waals surface area contributed by atoms with Crippen LogP contribution in [0.1, 0.15) is 34.8 Å². The molecule has 2 aromatic carbocycles. The van der Waals surface area contributed by atoms with Gasteiger partial charge in [-0.05, 0) is 37.8 Å². The molecule has 0 unspecified atom stereocenters. The number of carbonyl (C=O) groups is 1. The summed E-state index contributed by atoms with van der Waals surface area (Å²) in [6.45, 7) is 4.61. The van der Waals surface area contributed by atoms with E-state index < -0.39 is 10.8 Å². The summed E-state index contributed by atoms with van der Waals surface area (Å²) >= 11 is 0. The third-order valence-electron chi connectivity index (χ3n) is 4.67. The zero-order chi connectivity index (χ0) is 19.6. The van der Waals surface area contributed by atoms with Gasteiger partial charge in [0.2, 0.25) is 0 Å². The predicted octanol–water partition coefficient (Wildman–Crippen LogP) is 3.90. The van der Waals surface area contributed by atoms with Crippen LogP contribution in [-0.4, -0.2) is 31.1 Å². The molecule has 1 aliphatic heterocycles. The van der Waals surface area contributed by atoms with E-state index >= 15 is 0 Å². The number of hydrogen-bond donors (Lipinski definition) is 0. The zero-order valence-corrected chi connectivity index (χ0v) is 15.7. The second-order valence-electron chi connectivity index (χ2n) is 6.35. The van der Waals surface area contributed by atoms with Gasteiger partial charge in [-0.15, -0.1) is 0 Å². The Morgan fingerprint density at radius 3 is 2.74 bits per heavy atom. The SMILES string of the molecule is CCOc1cc(C(=O)N2CCCc3cccc(C)c32)c([N+](=O)[O-])cc1OC. The van der Waals surface area contributed by atoms with Gasteiger partial charge in [-0.3, -0.25) is 14.9 Å². The molecule has 7 nitrogen and oxygen atoms in total. The van der Waals surface area contributed by atoms with Crippen molar-refractivity contribution in [2.45, 2.75) is 26.7 Å². The van der Waals surface area contributed by atoms with Crippen molar-refractivity contribution in [2.24, 2.45) is 0 Å². The van der Waals surface area contributed by atoms with Crippen molar-refractivity contribution in [3.63, 3.8) is 0 Å². The standard InChI is InChI=1S/C20H22N2O5/c1-4-27-18-11-15(16(22(24)25)12-17(18)26-3)20(23)21-10-6-9-14-8-5-7-13(2)19(14)21/h5,7-8,11-12H,4,6,9-10H2,1-3H3. The summed E-state index contributed by atoms with van der Waals surface area (Å²) < 4.78 is 10.7. The maximum absolute atomic E-state index is 13.3. The first-order chi connectivity index (χ1) is 13.0. The normalized spacial score (nSPS) is 13.1. The lowest BCUT2D eigenvalue weighted by atomic mass is 9.97. The first kappa shape index (κ1) is 18.7. The summed E-state index contributed by atoms with van der Waals surface area (Å²) in [4.78, 5) is 26.0. The van der Waals surface area contributed by atoms with Crippen molar-refractivity contribution in [1.82, 2.24) is 0 Å². The fraction of sp³-hybridized carbons (Fsp3) is 0.350. The Morgan fingerprint density at radius 2 is 2.07 bits per heavy atom. The quantitative estimate of drug-likeness (QED) is 0.589. The highest BCUT2D eigenvalue weighted by atomic mass is 16.6. The molecule has 0 bridgehead atoms. The number of aryl methyl sites for hydroxylation is 2. The molecule has 1 heterocycles. The number of para-hydroxylation sites is 1. The van der Waals surface area contributed by atoms with Crippen LogP contribution in [0.2, 0.25) is 0 Å². The van der Waals surface area contributed by atoms with Crippen molar-refractivity contribution in [3.8, 4) is 11.5 Å². The van der Waals surface area contributed by atoms with Gasteiger partial charge in [0.25, 0.3) is 11.6 Å².